The van der Waals surface area contributed by atoms with Gasteiger partial charge in [0.25, 0.3) is 11.7 Å². The van der Waals surface area contributed by atoms with Gasteiger partial charge in [0.1, 0.15) is 18.1 Å². The Labute approximate surface area is 229 Å². The molecule has 1 amide bonds. The third-order valence-electron chi connectivity index (χ3n) is 7.05. The summed E-state index contributed by atoms with van der Waals surface area (Å²) in [4.78, 5) is 30.6. The molecule has 0 aliphatic carbocycles. The number of nitrogens with zero attached hydrogens (tertiary/aromatic N) is 2. The van der Waals surface area contributed by atoms with Gasteiger partial charge in [0.05, 0.1) is 39.0 Å². The summed E-state index contributed by atoms with van der Waals surface area (Å²) in [6.07, 6.45) is 2.32. The summed E-state index contributed by atoms with van der Waals surface area (Å²) in [5, 5.41) is 11.5. The van der Waals surface area contributed by atoms with Crippen molar-refractivity contribution < 1.29 is 33.6 Å². The maximum Gasteiger partial charge on any atom is 0.295 e. The second-order valence-corrected chi connectivity index (χ2v) is 9.49. The van der Waals surface area contributed by atoms with E-state index in [4.69, 9.17) is 18.9 Å². The Morgan fingerprint density at radius 3 is 2.44 bits per heavy atom. The lowest BCUT2D eigenvalue weighted by atomic mass is 9.94. The van der Waals surface area contributed by atoms with Crippen LogP contribution in [0.25, 0.3) is 5.76 Å². The molecule has 4 rings (SSSR count). The molecular formula is C30H36N2O7. The van der Waals surface area contributed by atoms with Gasteiger partial charge in [-0.25, -0.2) is 0 Å². The molecule has 0 spiro atoms. The zero-order valence-electron chi connectivity index (χ0n) is 22.8. The Kier molecular flexibility index (Phi) is 9.27. The van der Waals surface area contributed by atoms with Crippen LogP contribution in [-0.2, 0) is 14.3 Å². The number of ether oxygens (including phenoxy) is 4. The van der Waals surface area contributed by atoms with Crippen LogP contribution in [0, 0.1) is 6.92 Å². The maximum absolute atomic E-state index is 13.4. The van der Waals surface area contributed by atoms with Crippen LogP contribution >= 0.6 is 0 Å². The minimum atomic E-state index is -0.786. The predicted octanol–water partition coefficient (Wildman–Crippen LogP) is 3.72. The first kappa shape index (κ1) is 28.2. The Morgan fingerprint density at radius 1 is 1.05 bits per heavy atom. The van der Waals surface area contributed by atoms with E-state index in [9.17, 15) is 14.7 Å². The van der Waals surface area contributed by atoms with Crippen molar-refractivity contribution in [2.75, 3.05) is 60.2 Å². The topological polar surface area (TPSA) is 97.8 Å². The van der Waals surface area contributed by atoms with Gasteiger partial charge in [-0.3, -0.25) is 14.5 Å². The molecule has 1 N–H and O–H groups in total. The van der Waals surface area contributed by atoms with E-state index in [1.807, 2.05) is 6.92 Å². The van der Waals surface area contributed by atoms with Gasteiger partial charge in [0, 0.05) is 31.7 Å². The molecule has 39 heavy (non-hydrogen) atoms. The number of amides is 1. The van der Waals surface area contributed by atoms with Gasteiger partial charge in [-0.15, -0.1) is 0 Å². The van der Waals surface area contributed by atoms with Gasteiger partial charge in [-0.2, -0.15) is 0 Å². The largest absolute Gasteiger partial charge is 0.507 e. The third-order valence-corrected chi connectivity index (χ3v) is 7.05. The number of carbonyl (C=O) groups is 2. The van der Waals surface area contributed by atoms with Gasteiger partial charge < -0.3 is 29.0 Å². The molecule has 1 unspecified atom stereocenters. The lowest BCUT2D eigenvalue weighted by molar-refractivity contribution is -0.140. The quantitative estimate of drug-likeness (QED) is 0.201. The average Bonchev–Trinajstić information content (AvgIpc) is 3.21. The number of likely N-dealkylation sites (tertiary alicyclic amines) is 1. The fourth-order valence-corrected chi connectivity index (χ4v) is 5.03. The van der Waals surface area contributed by atoms with Crippen LogP contribution in [0.3, 0.4) is 0 Å². The van der Waals surface area contributed by atoms with E-state index in [0.29, 0.717) is 61.2 Å². The molecular weight excluding hydrogens is 500 g/mol. The van der Waals surface area contributed by atoms with Crippen LogP contribution in [0.1, 0.15) is 29.2 Å². The molecule has 2 aromatic rings. The number of ketones is 1. The summed E-state index contributed by atoms with van der Waals surface area (Å²) >= 11 is 0. The van der Waals surface area contributed by atoms with Crippen molar-refractivity contribution >= 4 is 17.4 Å². The number of methoxy groups -OCH3 is 2. The molecule has 9 heteroatoms. The molecule has 0 bridgehead atoms. The first-order valence-electron chi connectivity index (χ1n) is 13.0. The lowest BCUT2D eigenvalue weighted by Gasteiger charge is -2.29. The van der Waals surface area contributed by atoms with E-state index in [2.05, 4.69) is 11.5 Å². The molecule has 0 radical (unpaired) electrons. The summed E-state index contributed by atoms with van der Waals surface area (Å²) in [6, 6.07) is 9.64. The molecule has 1 atom stereocenters. The van der Waals surface area contributed by atoms with Crippen molar-refractivity contribution in [1.82, 2.24) is 9.80 Å². The summed E-state index contributed by atoms with van der Waals surface area (Å²) in [6.45, 7) is 10.0. The number of benzene rings is 2. The Bertz CT molecular complexity index is 1250. The fourth-order valence-electron chi connectivity index (χ4n) is 5.03. The van der Waals surface area contributed by atoms with Crippen LogP contribution in [0.4, 0.5) is 0 Å². The number of morpholine rings is 1. The minimum absolute atomic E-state index is 0.0396. The zero-order valence-corrected chi connectivity index (χ0v) is 22.8. The van der Waals surface area contributed by atoms with Crippen molar-refractivity contribution in [1.29, 1.82) is 0 Å². The lowest BCUT2D eigenvalue weighted by Crippen LogP contribution is -2.38. The monoisotopic (exact) mass is 536 g/mol. The highest BCUT2D eigenvalue weighted by Gasteiger charge is 2.46. The van der Waals surface area contributed by atoms with Crippen molar-refractivity contribution in [3.63, 3.8) is 0 Å². The van der Waals surface area contributed by atoms with E-state index < -0.39 is 17.7 Å². The number of hydrogen-bond donors (Lipinski definition) is 1. The Hall–Kier alpha value is -3.82. The second-order valence-electron chi connectivity index (χ2n) is 9.49. The summed E-state index contributed by atoms with van der Waals surface area (Å²) < 4.78 is 22.0. The Morgan fingerprint density at radius 2 is 1.77 bits per heavy atom. The van der Waals surface area contributed by atoms with Gasteiger partial charge in [0.2, 0.25) is 0 Å². The van der Waals surface area contributed by atoms with Crippen molar-refractivity contribution in [2.24, 2.45) is 0 Å². The number of aliphatic hydroxyl groups excluding tert-OH is 1. The molecule has 2 aliphatic heterocycles. The number of aryl methyl sites for hydroxylation is 1. The minimum Gasteiger partial charge on any atom is -0.507 e. The molecule has 2 fully saturated rings. The van der Waals surface area contributed by atoms with Crippen LogP contribution in [0.15, 0.2) is 54.6 Å². The highest BCUT2D eigenvalue weighted by atomic mass is 16.5. The van der Waals surface area contributed by atoms with Crippen molar-refractivity contribution in [2.45, 2.75) is 19.4 Å². The van der Waals surface area contributed by atoms with Crippen LogP contribution in [0.2, 0.25) is 0 Å². The molecule has 0 aromatic heterocycles. The molecule has 2 heterocycles. The standard InChI is InChI=1S/C30H36N2O7/c1-5-15-39-23-9-8-22(18-20(23)2)28(33)26-27(21-7-10-24(36-3)25(19-21)37-4)32(30(35)29(26)34)12-6-11-31-13-16-38-17-14-31/h5,7-10,18-19,27,33H,1,6,11-17H2,2-4H3/b28-26+. The summed E-state index contributed by atoms with van der Waals surface area (Å²) in [5.41, 5.74) is 1.89. The molecule has 2 aromatic carbocycles. The average molecular weight is 537 g/mol. The van der Waals surface area contributed by atoms with E-state index in [-0.39, 0.29) is 11.3 Å². The van der Waals surface area contributed by atoms with Gasteiger partial charge in [-0.1, -0.05) is 18.7 Å². The number of rotatable bonds is 11. The maximum atomic E-state index is 13.4. The third kappa shape index (κ3) is 6.10. The van der Waals surface area contributed by atoms with Gasteiger partial charge >= 0.3 is 0 Å². The first-order chi connectivity index (χ1) is 18.9. The second kappa shape index (κ2) is 12.8. The van der Waals surface area contributed by atoms with Crippen LogP contribution in [-0.4, -0.2) is 86.8 Å². The molecule has 9 nitrogen and oxygen atoms in total. The van der Waals surface area contributed by atoms with E-state index in [1.54, 1.807) is 54.5 Å². The predicted molar refractivity (Wildman–Crippen MR) is 147 cm³/mol. The zero-order chi connectivity index (χ0) is 27.9. The van der Waals surface area contributed by atoms with E-state index in [1.165, 1.54) is 7.11 Å². The number of carbonyl (C=O) groups excluding carboxylic acids is 2. The van der Waals surface area contributed by atoms with Crippen LogP contribution in [0.5, 0.6) is 17.2 Å². The van der Waals surface area contributed by atoms with Crippen molar-refractivity contribution in [3.05, 3.63) is 71.3 Å². The molecule has 208 valence electrons. The van der Waals surface area contributed by atoms with Crippen LogP contribution < -0.4 is 14.2 Å². The van der Waals surface area contributed by atoms with E-state index >= 15 is 0 Å². The smallest absolute Gasteiger partial charge is 0.295 e. The van der Waals surface area contributed by atoms with Crippen molar-refractivity contribution in [3.8, 4) is 17.2 Å². The highest BCUT2D eigenvalue weighted by Crippen LogP contribution is 2.42. The molecule has 2 aliphatic rings. The summed E-state index contributed by atoms with van der Waals surface area (Å²) in [5.74, 6) is 0.0441. The highest BCUT2D eigenvalue weighted by molar-refractivity contribution is 6.46. The summed E-state index contributed by atoms with van der Waals surface area (Å²) in [7, 11) is 3.07. The normalized spacial score (nSPS) is 19.3. The van der Waals surface area contributed by atoms with Gasteiger partial charge in [-0.05, 0) is 54.8 Å². The number of Topliss-reactive ketones (excluding diaryl/α,β-unsaturated/α-hetero) is 1. The number of aliphatic hydroxyl groups is 1. The number of hydrogen-bond acceptors (Lipinski definition) is 8. The fraction of sp³-hybridized carbons (Fsp3) is 0.400. The SMILES string of the molecule is C=CCOc1ccc(/C(O)=C2\C(=O)C(=O)N(CCCN3CCOCC3)C2c2ccc(OC)c(OC)c2)cc1C. The van der Waals surface area contributed by atoms with E-state index in [0.717, 1.165) is 25.2 Å². The van der Waals surface area contributed by atoms with Gasteiger partial charge in [0.15, 0.2) is 11.5 Å². The first-order valence-corrected chi connectivity index (χ1v) is 13.0. The molecule has 2 saturated heterocycles. The molecule has 0 saturated carbocycles. The Balaban J connectivity index is 1.72.